The van der Waals surface area contributed by atoms with E-state index in [2.05, 4.69) is 22.9 Å². The Morgan fingerprint density at radius 3 is 2.53 bits per heavy atom. The van der Waals surface area contributed by atoms with E-state index in [-0.39, 0.29) is 11.8 Å². The molecule has 0 bridgehead atoms. The normalized spacial score (nSPS) is 25.7. The van der Waals surface area contributed by atoms with E-state index in [1.165, 1.54) is 0 Å². The molecule has 1 amide bonds. The van der Waals surface area contributed by atoms with E-state index in [1.54, 1.807) is 0 Å². The van der Waals surface area contributed by atoms with Gasteiger partial charge in [-0.3, -0.25) is 4.79 Å². The van der Waals surface area contributed by atoms with Crippen LogP contribution in [0.3, 0.4) is 0 Å². The van der Waals surface area contributed by atoms with Crippen molar-refractivity contribution < 1.29 is 4.79 Å². The van der Waals surface area contributed by atoms with Crippen LogP contribution in [0.1, 0.15) is 19.8 Å². The van der Waals surface area contributed by atoms with Crippen LogP contribution in [0.15, 0.2) is 0 Å². The lowest BCUT2D eigenvalue weighted by atomic mass is 9.81. The van der Waals surface area contributed by atoms with E-state index in [0.717, 1.165) is 45.6 Å². The lowest BCUT2D eigenvalue weighted by molar-refractivity contribution is -0.127. The molecule has 0 saturated carbocycles. The Morgan fingerprint density at radius 2 is 2.00 bits per heavy atom. The largest absolute Gasteiger partial charge is 0.355 e. The standard InChI is InChI=1S/C11H21N3O/c1-11(2-4-12-5-3-11)8-14-10(15)9-6-13-7-9/h9,12-13H,2-8H2,1H3,(H,14,15). The third-order valence-corrected chi connectivity index (χ3v) is 3.65. The number of piperidine rings is 1. The summed E-state index contributed by atoms with van der Waals surface area (Å²) in [6.07, 6.45) is 2.33. The fourth-order valence-corrected chi connectivity index (χ4v) is 2.13. The minimum Gasteiger partial charge on any atom is -0.355 e. The van der Waals surface area contributed by atoms with E-state index in [1.807, 2.05) is 0 Å². The number of rotatable bonds is 3. The number of hydrogen-bond acceptors (Lipinski definition) is 3. The summed E-state index contributed by atoms with van der Waals surface area (Å²) in [5.74, 6) is 0.448. The van der Waals surface area contributed by atoms with Crippen molar-refractivity contribution in [2.45, 2.75) is 19.8 Å². The summed E-state index contributed by atoms with van der Waals surface area (Å²) in [4.78, 5) is 11.6. The molecule has 0 atom stereocenters. The molecule has 3 N–H and O–H groups in total. The summed E-state index contributed by atoms with van der Waals surface area (Å²) >= 11 is 0. The molecule has 0 aromatic heterocycles. The Morgan fingerprint density at radius 1 is 1.33 bits per heavy atom. The molecule has 0 aromatic rings. The second kappa shape index (κ2) is 4.49. The molecule has 2 saturated heterocycles. The summed E-state index contributed by atoms with van der Waals surface area (Å²) in [6.45, 7) is 6.97. The maximum atomic E-state index is 11.6. The quantitative estimate of drug-likeness (QED) is 0.601. The average Bonchev–Trinajstić information content (AvgIpc) is 2.14. The second-order valence-corrected chi connectivity index (χ2v) is 5.13. The van der Waals surface area contributed by atoms with Crippen molar-refractivity contribution in [1.82, 2.24) is 16.0 Å². The predicted molar refractivity (Wildman–Crippen MR) is 59.6 cm³/mol. The van der Waals surface area contributed by atoms with E-state index in [0.29, 0.717) is 5.41 Å². The van der Waals surface area contributed by atoms with Gasteiger partial charge in [-0.25, -0.2) is 0 Å². The lowest BCUT2D eigenvalue weighted by Gasteiger charge is -2.35. The molecule has 2 rings (SSSR count). The first-order valence-corrected chi connectivity index (χ1v) is 5.89. The molecule has 0 aromatic carbocycles. The van der Waals surface area contributed by atoms with Crippen molar-refractivity contribution in [2.75, 3.05) is 32.7 Å². The lowest BCUT2D eigenvalue weighted by Crippen LogP contribution is -2.52. The molecule has 15 heavy (non-hydrogen) atoms. The third-order valence-electron chi connectivity index (χ3n) is 3.65. The first kappa shape index (κ1) is 10.9. The molecule has 0 aliphatic carbocycles. The number of carbonyl (C=O) groups excluding carboxylic acids is 1. The Labute approximate surface area is 91.2 Å². The van der Waals surface area contributed by atoms with Gasteiger partial charge in [0.1, 0.15) is 0 Å². The second-order valence-electron chi connectivity index (χ2n) is 5.13. The minimum atomic E-state index is 0.218. The van der Waals surface area contributed by atoms with Gasteiger partial charge in [-0.2, -0.15) is 0 Å². The van der Waals surface area contributed by atoms with Crippen LogP contribution in [0.2, 0.25) is 0 Å². The van der Waals surface area contributed by atoms with Gasteiger partial charge in [-0.05, 0) is 31.3 Å². The molecule has 86 valence electrons. The van der Waals surface area contributed by atoms with Gasteiger partial charge in [0, 0.05) is 19.6 Å². The summed E-state index contributed by atoms with van der Waals surface area (Å²) in [6, 6.07) is 0. The smallest absolute Gasteiger partial charge is 0.225 e. The van der Waals surface area contributed by atoms with Gasteiger partial charge < -0.3 is 16.0 Å². The Balaban J connectivity index is 1.73. The van der Waals surface area contributed by atoms with E-state index >= 15 is 0 Å². The highest BCUT2D eigenvalue weighted by atomic mass is 16.2. The molecule has 2 fully saturated rings. The van der Waals surface area contributed by atoms with Gasteiger partial charge in [-0.15, -0.1) is 0 Å². The highest BCUT2D eigenvalue weighted by molar-refractivity contribution is 5.80. The molecule has 4 nitrogen and oxygen atoms in total. The third kappa shape index (κ3) is 2.69. The minimum absolute atomic E-state index is 0.218. The molecule has 2 heterocycles. The van der Waals surface area contributed by atoms with Crippen LogP contribution < -0.4 is 16.0 Å². The van der Waals surface area contributed by atoms with Crippen LogP contribution in [0.4, 0.5) is 0 Å². The van der Waals surface area contributed by atoms with Gasteiger partial charge in [0.2, 0.25) is 5.91 Å². The van der Waals surface area contributed by atoms with Crippen molar-refractivity contribution in [2.24, 2.45) is 11.3 Å². The maximum Gasteiger partial charge on any atom is 0.225 e. The molecule has 0 spiro atoms. The summed E-state index contributed by atoms with van der Waals surface area (Å²) < 4.78 is 0. The van der Waals surface area contributed by atoms with Crippen molar-refractivity contribution >= 4 is 5.91 Å². The fourth-order valence-electron chi connectivity index (χ4n) is 2.13. The van der Waals surface area contributed by atoms with Gasteiger partial charge in [0.15, 0.2) is 0 Å². The Bertz CT molecular complexity index is 232. The first-order valence-electron chi connectivity index (χ1n) is 5.89. The summed E-state index contributed by atoms with van der Waals surface area (Å²) in [5.41, 5.74) is 0.304. The zero-order chi connectivity index (χ0) is 10.7. The number of amides is 1. The van der Waals surface area contributed by atoms with Gasteiger partial charge in [0.25, 0.3) is 0 Å². The van der Waals surface area contributed by atoms with Gasteiger partial charge in [-0.1, -0.05) is 6.92 Å². The highest BCUT2D eigenvalue weighted by Gasteiger charge is 2.30. The molecular weight excluding hydrogens is 190 g/mol. The zero-order valence-electron chi connectivity index (χ0n) is 9.44. The van der Waals surface area contributed by atoms with Crippen LogP contribution in [0.5, 0.6) is 0 Å². The van der Waals surface area contributed by atoms with Crippen LogP contribution in [-0.2, 0) is 4.79 Å². The summed E-state index contributed by atoms with van der Waals surface area (Å²) in [7, 11) is 0. The molecule has 2 aliphatic rings. The van der Waals surface area contributed by atoms with Crippen LogP contribution in [0.25, 0.3) is 0 Å². The van der Waals surface area contributed by atoms with Crippen molar-refractivity contribution in [3.05, 3.63) is 0 Å². The van der Waals surface area contributed by atoms with Crippen molar-refractivity contribution in [1.29, 1.82) is 0 Å². The molecule has 0 unspecified atom stereocenters. The maximum absolute atomic E-state index is 11.6. The summed E-state index contributed by atoms with van der Waals surface area (Å²) in [5, 5.41) is 9.56. The topological polar surface area (TPSA) is 53.2 Å². The van der Waals surface area contributed by atoms with Crippen LogP contribution in [-0.4, -0.2) is 38.6 Å². The predicted octanol–water partition coefficient (Wildman–Crippen LogP) is -0.288. The molecule has 2 aliphatic heterocycles. The van der Waals surface area contributed by atoms with Gasteiger partial charge in [0.05, 0.1) is 5.92 Å². The molecule has 0 radical (unpaired) electrons. The number of hydrogen-bond donors (Lipinski definition) is 3. The van der Waals surface area contributed by atoms with Crippen molar-refractivity contribution in [3.63, 3.8) is 0 Å². The Kier molecular flexibility index (Phi) is 3.26. The molecular formula is C11H21N3O. The van der Waals surface area contributed by atoms with E-state index in [9.17, 15) is 4.79 Å². The Hall–Kier alpha value is -0.610. The van der Waals surface area contributed by atoms with Crippen molar-refractivity contribution in [3.8, 4) is 0 Å². The van der Waals surface area contributed by atoms with E-state index < -0.39 is 0 Å². The SMILES string of the molecule is CC1(CNC(=O)C2CNC2)CCNCC1. The van der Waals surface area contributed by atoms with Gasteiger partial charge >= 0.3 is 0 Å². The van der Waals surface area contributed by atoms with E-state index in [4.69, 9.17) is 0 Å². The zero-order valence-corrected chi connectivity index (χ0v) is 9.44. The highest BCUT2D eigenvalue weighted by Crippen LogP contribution is 2.26. The number of nitrogens with one attached hydrogen (secondary N) is 3. The first-order chi connectivity index (χ1) is 7.20. The number of carbonyl (C=O) groups is 1. The fraction of sp³-hybridized carbons (Fsp3) is 0.909. The molecule has 4 heteroatoms. The van der Waals surface area contributed by atoms with Crippen LogP contribution >= 0.6 is 0 Å². The monoisotopic (exact) mass is 211 g/mol. The average molecular weight is 211 g/mol. The van der Waals surface area contributed by atoms with Crippen LogP contribution in [0, 0.1) is 11.3 Å².